The molecule has 3 rings (SSSR count). The standard InChI is InChI=1S/C62H112N10O16/c1-57(2,3)83-50(75)41-65-23-19-63(20-24-66(42-51(76)84-58(4,5)6)28-32-69(31-27-65)45-54(79)87-61(13,14)15)39-48(73)71-35-36-72(38-47(37-71)56(81)82)49(74)40-64-21-25-67(43-52(77)85-59(7,8)9)29-33-70(46-55(80)88-62(16,17)18)34-30-68(26-22-64)44-53(78)86-60(10,11)12/h47H,19-46H2,1-18H3,(H,81,82). The Bertz CT molecular complexity index is 2060. The number of hydrogen-bond acceptors (Lipinski definition) is 23. The van der Waals surface area contributed by atoms with Gasteiger partial charge >= 0.3 is 41.8 Å². The Morgan fingerprint density at radius 3 is 0.557 bits per heavy atom. The molecule has 0 atom stereocenters. The number of carbonyl (C=O) groups excluding carboxylic acids is 8. The fraction of sp³-hybridized carbons (Fsp3) is 0.855. The van der Waals surface area contributed by atoms with Crippen LogP contribution in [0.25, 0.3) is 0 Å². The molecule has 2 amide bonds. The van der Waals surface area contributed by atoms with Crippen LogP contribution in [0.5, 0.6) is 0 Å². The summed E-state index contributed by atoms with van der Waals surface area (Å²) >= 11 is 0. The maximum atomic E-state index is 14.7. The number of rotatable bonds is 17. The van der Waals surface area contributed by atoms with E-state index < -0.39 is 81.3 Å². The van der Waals surface area contributed by atoms with Crippen molar-refractivity contribution < 1.29 is 76.7 Å². The minimum absolute atomic E-state index is 0.0286. The van der Waals surface area contributed by atoms with Crippen LogP contribution in [0.4, 0.5) is 0 Å². The van der Waals surface area contributed by atoms with Gasteiger partial charge in [0.05, 0.1) is 58.3 Å². The van der Waals surface area contributed by atoms with Crippen molar-refractivity contribution in [1.29, 1.82) is 0 Å². The van der Waals surface area contributed by atoms with E-state index in [0.29, 0.717) is 78.5 Å². The first kappa shape index (κ1) is 77.2. The van der Waals surface area contributed by atoms with E-state index in [0.717, 1.165) is 0 Å². The van der Waals surface area contributed by atoms with Gasteiger partial charge in [-0.2, -0.15) is 0 Å². The first-order chi connectivity index (χ1) is 40.4. The van der Waals surface area contributed by atoms with Crippen LogP contribution < -0.4 is 0 Å². The van der Waals surface area contributed by atoms with Gasteiger partial charge in [-0.1, -0.05) is 0 Å². The van der Waals surface area contributed by atoms with E-state index in [2.05, 4.69) is 0 Å². The minimum atomic E-state index is -1.18. The van der Waals surface area contributed by atoms with E-state index in [1.807, 2.05) is 39.2 Å². The number of ether oxygens (including phenoxy) is 6. The van der Waals surface area contributed by atoms with Gasteiger partial charge < -0.3 is 43.3 Å². The summed E-state index contributed by atoms with van der Waals surface area (Å²) in [5.74, 6) is -5.65. The van der Waals surface area contributed by atoms with Crippen LogP contribution in [0.3, 0.4) is 0 Å². The summed E-state index contributed by atoms with van der Waals surface area (Å²) in [6.45, 7) is 36.5. The molecule has 0 aromatic rings. The van der Waals surface area contributed by atoms with Gasteiger partial charge in [0.15, 0.2) is 0 Å². The number of esters is 6. The molecule has 88 heavy (non-hydrogen) atoms. The molecule has 1 N–H and O–H groups in total. The van der Waals surface area contributed by atoms with Gasteiger partial charge in [0, 0.05) is 131 Å². The second-order valence-electron chi connectivity index (χ2n) is 29.4. The van der Waals surface area contributed by atoms with E-state index in [-0.39, 0.29) is 117 Å². The van der Waals surface area contributed by atoms with Crippen LogP contribution in [0.15, 0.2) is 0 Å². The number of amides is 2. The quantitative estimate of drug-likeness (QED) is 0.161. The third kappa shape index (κ3) is 34.8. The van der Waals surface area contributed by atoms with E-state index >= 15 is 0 Å². The molecular formula is C62H112N10O16. The molecule has 3 saturated heterocycles. The third-order valence-electron chi connectivity index (χ3n) is 13.8. The normalized spacial score (nSPS) is 19.4. The van der Waals surface area contributed by atoms with Crippen molar-refractivity contribution in [2.45, 2.75) is 158 Å². The average molecular weight is 1250 g/mol. The zero-order valence-electron chi connectivity index (χ0n) is 56.9. The lowest BCUT2D eigenvalue weighted by molar-refractivity contribution is -0.158. The lowest BCUT2D eigenvalue weighted by atomic mass is 10.1. The lowest BCUT2D eigenvalue weighted by Gasteiger charge is -2.35. The van der Waals surface area contributed by atoms with Gasteiger partial charge in [-0.3, -0.25) is 82.4 Å². The Morgan fingerprint density at radius 2 is 0.420 bits per heavy atom. The average Bonchev–Trinajstić information content (AvgIpc) is 2.16. The SMILES string of the molecule is CC(C)(C)OC(=O)CN1CCN(CC(=O)OC(C)(C)C)CCN(CC(=O)N2CCN(C(=O)CN3CCN(CC(=O)OC(C)(C)C)CCN(CC(=O)OC(C)(C)C)CCN(CC(=O)OC(C)(C)C)CC3)CC(C(=O)O)C2)CCN(CC(=O)OC(C)(C)C)CC1. The van der Waals surface area contributed by atoms with Crippen LogP contribution in [-0.2, 0) is 71.6 Å². The highest BCUT2D eigenvalue weighted by Crippen LogP contribution is 2.17. The zero-order valence-corrected chi connectivity index (χ0v) is 56.9. The molecule has 26 nitrogen and oxygen atoms in total. The monoisotopic (exact) mass is 1250 g/mol. The molecule has 3 heterocycles. The zero-order chi connectivity index (χ0) is 66.6. The summed E-state index contributed by atoms with van der Waals surface area (Å²) in [6.07, 6.45) is 0. The fourth-order valence-corrected chi connectivity index (χ4v) is 9.97. The first-order valence-electron chi connectivity index (χ1n) is 31.2. The number of hydrogen-bond donors (Lipinski definition) is 1. The number of carbonyl (C=O) groups is 9. The number of nitrogens with zero attached hydrogens (tertiary/aromatic N) is 10. The first-order valence-corrected chi connectivity index (χ1v) is 31.2. The molecule has 0 saturated carbocycles. The molecule has 3 aliphatic rings. The van der Waals surface area contributed by atoms with Crippen molar-refractivity contribution >= 4 is 53.6 Å². The highest BCUT2D eigenvalue weighted by molar-refractivity contribution is 5.82. The summed E-state index contributed by atoms with van der Waals surface area (Å²) in [7, 11) is 0. The number of carboxylic acids is 1. The molecule has 0 spiro atoms. The topological polar surface area (TPSA) is 262 Å². The van der Waals surface area contributed by atoms with Gasteiger partial charge in [0.1, 0.15) is 33.6 Å². The van der Waals surface area contributed by atoms with Gasteiger partial charge in [0.25, 0.3) is 0 Å². The molecule has 0 bridgehead atoms. The van der Waals surface area contributed by atoms with Gasteiger partial charge in [-0.05, 0) is 125 Å². The van der Waals surface area contributed by atoms with Crippen molar-refractivity contribution in [3.63, 3.8) is 0 Å². The third-order valence-corrected chi connectivity index (χ3v) is 13.8. The molecule has 0 aromatic heterocycles. The number of aliphatic carboxylic acids is 1. The van der Waals surface area contributed by atoms with E-state index in [1.165, 1.54) is 9.80 Å². The Labute approximate surface area is 525 Å². The molecule has 0 aliphatic carbocycles. The van der Waals surface area contributed by atoms with Crippen molar-refractivity contribution in [3.8, 4) is 0 Å². The van der Waals surface area contributed by atoms with Crippen LogP contribution in [-0.4, -0.2) is 325 Å². The summed E-state index contributed by atoms with van der Waals surface area (Å²) in [6, 6.07) is 0. The van der Waals surface area contributed by atoms with Crippen LogP contribution >= 0.6 is 0 Å². The summed E-state index contributed by atoms with van der Waals surface area (Å²) in [5, 5.41) is 10.6. The van der Waals surface area contributed by atoms with Crippen LogP contribution in [0, 0.1) is 5.92 Å². The van der Waals surface area contributed by atoms with Crippen molar-refractivity contribution in [3.05, 3.63) is 0 Å². The van der Waals surface area contributed by atoms with Gasteiger partial charge in [-0.15, -0.1) is 0 Å². The Morgan fingerprint density at radius 1 is 0.273 bits per heavy atom. The Hall–Kier alpha value is -5.09. The van der Waals surface area contributed by atoms with E-state index in [9.17, 15) is 48.3 Å². The summed E-state index contributed by atoms with van der Waals surface area (Å²) in [5.41, 5.74) is -4.41. The molecule has 3 aliphatic heterocycles. The molecule has 0 aromatic carbocycles. The second kappa shape index (κ2) is 34.4. The smallest absolute Gasteiger partial charge is 0.320 e. The van der Waals surface area contributed by atoms with Crippen molar-refractivity contribution in [1.82, 2.24) is 49.0 Å². The molecule has 26 heteroatoms. The van der Waals surface area contributed by atoms with Crippen LogP contribution in [0.2, 0.25) is 0 Å². The van der Waals surface area contributed by atoms with Gasteiger partial charge in [0.2, 0.25) is 11.8 Å². The Kier molecular flexibility index (Phi) is 30.1. The summed E-state index contributed by atoms with van der Waals surface area (Å²) < 4.78 is 34.2. The van der Waals surface area contributed by atoms with Crippen LogP contribution in [0.1, 0.15) is 125 Å². The predicted octanol–water partition coefficient (Wildman–Crippen LogP) is 1.85. The lowest BCUT2D eigenvalue weighted by Crippen LogP contribution is -2.51. The van der Waals surface area contributed by atoms with Crippen molar-refractivity contribution in [2.24, 2.45) is 5.92 Å². The molecule has 3 fully saturated rings. The van der Waals surface area contributed by atoms with Gasteiger partial charge in [-0.25, -0.2) is 0 Å². The highest BCUT2D eigenvalue weighted by Gasteiger charge is 2.35. The maximum absolute atomic E-state index is 14.7. The predicted molar refractivity (Wildman–Crippen MR) is 331 cm³/mol. The second-order valence-corrected chi connectivity index (χ2v) is 29.4. The molecular weight excluding hydrogens is 1140 g/mol. The van der Waals surface area contributed by atoms with Crippen molar-refractivity contribution in [2.75, 3.05) is 183 Å². The largest absolute Gasteiger partial charge is 0.481 e. The van der Waals surface area contributed by atoms with E-state index in [1.54, 1.807) is 125 Å². The molecule has 0 radical (unpaired) electrons. The highest BCUT2D eigenvalue weighted by atomic mass is 16.6. The minimum Gasteiger partial charge on any atom is -0.481 e. The maximum Gasteiger partial charge on any atom is 0.320 e. The molecule has 0 unspecified atom stereocenters. The van der Waals surface area contributed by atoms with E-state index in [4.69, 9.17) is 28.4 Å². The molecule has 506 valence electrons. The fourth-order valence-electron chi connectivity index (χ4n) is 9.97. The number of carboxylic acid groups (broad SMARTS) is 1. The summed E-state index contributed by atoms with van der Waals surface area (Å²) in [4.78, 5) is 141. The Balaban J connectivity index is 1.94.